The number of nitrogens with zero attached hydrogens (tertiary/aromatic N) is 2. The summed E-state index contributed by atoms with van der Waals surface area (Å²) in [6.45, 7) is 0. The monoisotopic (exact) mass is 698 g/mol. The van der Waals surface area contributed by atoms with E-state index in [4.69, 9.17) is 56.4 Å². The Kier molecular flexibility index (Phi) is 9.43. The van der Waals surface area contributed by atoms with Crippen LogP contribution in [0.3, 0.4) is 0 Å². The molecule has 0 bridgehead atoms. The minimum absolute atomic E-state index is 0.685. The van der Waals surface area contributed by atoms with Gasteiger partial charge in [0, 0.05) is 53.1 Å². The molecule has 6 aromatic carbocycles. The van der Waals surface area contributed by atoms with Crippen LogP contribution in [-0.2, 0) is 0 Å². The average molecular weight is 700 g/mol. The standard InChI is InChI=1S/2C21H13Cl2N/c2*22-15-10-11-20-18(12-15)17(16-8-4-5-9-19(16)23)13-21(24-20)14-6-2-1-3-7-14/h2*1-13H. The molecule has 0 fully saturated rings. The van der Waals surface area contributed by atoms with E-state index in [-0.39, 0.29) is 0 Å². The van der Waals surface area contributed by atoms with Gasteiger partial charge in [-0.15, -0.1) is 0 Å². The molecule has 2 aromatic heterocycles. The third-order valence-corrected chi connectivity index (χ3v) is 9.14. The summed E-state index contributed by atoms with van der Waals surface area (Å²) in [5.74, 6) is 0. The van der Waals surface area contributed by atoms with E-state index in [1.54, 1.807) is 0 Å². The van der Waals surface area contributed by atoms with Gasteiger partial charge in [-0.2, -0.15) is 0 Å². The molecule has 0 unspecified atom stereocenters. The van der Waals surface area contributed by atoms with Crippen LogP contribution >= 0.6 is 46.4 Å². The molecule has 0 saturated carbocycles. The van der Waals surface area contributed by atoms with E-state index in [1.807, 2.05) is 121 Å². The van der Waals surface area contributed by atoms with E-state index in [0.29, 0.717) is 20.1 Å². The second kappa shape index (κ2) is 14.2. The molecule has 48 heavy (non-hydrogen) atoms. The summed E-state index contributed by atoms with van der Waals surface area (Å²) in [4.78, 5) is 9.60. The normalized spacial score (nSPS) is 10.9. The highest BCUT2D eigenvalue weighted by atomic mass is 35.5. The third-order valence-electron chi connectivity index (χ3n) is 8.01. The van der Waals surface area contributed by atoms with Crippen LogP contribution in [0, 0.1) is 0 Å². The topological polar surface area (TPSA) is 25.8 Å². The van der Waals surface area contributed by atoms with Gasteiger partial charge in [-0.05, 0) is 71.8 Å². The van der Waals surface area contributed by atoms with E-state index in [1.165, 1.54) is 0 Å². The minimum atomic E-state index is 0.685. The van der Waals surface area contributed by atoms with Gasteiger partial charge in [-0.3, -0.25) is 0 Å². The van der Waals surface area contributed by atoms with Crippen molar-refractivity contribution in [3.8, 4) is 44.8 Å². The number of benzene rings is 6. The van der Waals surface area contributed by atoms with Gasteiger partial charge in [-0.25, -0.2) is 9.97 Å². The van der Waals surface area contributed by atoms with Crippen molar-refractivity contribution in [1.29, 1.82) is 0 Å². The van der Waals surface area contributed by atoms with Crippen LogP contribution in [0.25, 0.3) is 66.6 Å². The molecule has 2 nitrogen and oxygen atoms in total. The fraction of sp³-hybridized carbons (Fsp3) is 0. The van der Waals surface area contributed by atoms with Crippen LogP contribution in [0.4, 0.5) is 0 Å². The van der Waals surface area contributed by atoms with Crippen molar-refractivity contribution >= 4 is 68.2 Å². The van der Waals surface area contributed by atoms with Gasteiger partial charge in [-0.1, -0.05) is 143 Å². The van der Waals surface area contributed by atoms with Crippen molar-refractivity contribution in [2.45, 2.75) is 0 Å². The Hall–Kier alpha value is -4.70. The zero-order valence-corrected chi connectivity index (χ0v) is 28.4. The summed E-state index contributed by atoms with van der Waals surface area (Å²) in [5.41, 5.74) is 9.80. The molecule has 0 spiro atoms. The lowest BCUT2D eigenvalue weighted by atomic mass is 9.98. The second-order valence-corrected chi connectivity index (χ2v) is 12.8. The largest absolute Gasteiger partial charge is 0.248 e. The number of pyridine rings is 2. The maximum absolute atomic E-state index is 6.44. The molecule has 0 N–H and O–H groups in total. The molecule has 8 rings (SSSR count). The summed E-state index contributed by atoms with van der Waals surface area (Å²) in [7, 11) is 0. The first-order valence-electron chi connectivity index (χ1n) is 15.3. The van der Waals surface area contributed by atoms with Crippen molar-refractivity contribution in [1.82, 2.24) is 9.97 Å². The van der Waals surface area contributed by atoms with Crippen molar-refractivity contribution in [2.75, 3.05) is 0 Å². The quantitative estimate of drug-likeness (QED) is 0.183. The zero-order valence-electron chi connectivity index (χ0n) is 25.4. The lowest BCUT2D eigenvalue weighted by Gasteiger charge is -2.12. The molecule has 8 aromatic rings. The van der Waals surface area contributed by atoms with Crippen LogP contribution in [-0.4, -0.2) is 9.97 Å². The van der Waals surface area contributed by atoms with Gasteiger partial charge in [0.1, 0.15) is 0 Å². The maximum atomic E-state index is 6.44. The van der Waals surface area contributed by atoms with E-state index in [9.17, 15) is 0 Å². The highest BCUT2D eigenvalue weighted by Crippen LogP contribution is 2.38. The van der Waals surface area contributed by atoms with E-state index >= 15 is 0 Å². The Balaban J connectivity index is 0.000000152. The number of halogens is 4. The smallest absolute Gasteiger partial charge is 0.0716 e. The van der Waals surface area contributed by atoms with Crippen molar-refractivity contribution in [2.24, 2.45) is 0 Å². The molecule has 2 heterocycles. The number of aromatic nitrogens is 2. The fourth-order valence-electron chi connectivity index (χ4n) is 5.71. The van der Waals surface area contributed by atoms with Crippen LogP contribution < -0.4 is 0 Å². The minimum Gasteiger partial charge on any atom is -0.248 e. The van der Waals surface area contributed by atoms with Crippen molar-refractivity contribution in [3.63, 3.8) is 0 Å². The Morgan fingerprint density at radius 1 is 0.333 bits per heavy atom. The highest BCUT2D eigenvalue weighted by Gasteiger charge is 2.14. The van der Waals surface area contributed by atoms with Gasteiger partial charge in [0.25, 0.3) is 0 Å². The van der Waals surface area contributed by atoms with Gasteiger partial charge in [0.15, 0.2) is 0 Å². The molecule has 6 heteroatoms. The summed E-state index contributed by atoms with van der Waals surface area (Å²) in [6, 6.07) is 51.6. The molecular formula is C42H26Cl4N2. The summed E-state index contributed by atoms with van der Waals surface area (Å²) >= 11 is 25.3. The number of hydrogen-bond donors (Lipinski definition) is 0. The summed E-state index contributed by atoms with van der Waals surface area (Å²) in [5, 5.41) is 4.79. The van der Waals surface area contributed by atoms with Crippen molar-refractivity contribution in [3.05, 3.63) is 178 Å². The molecule has 0 aliphatic heterocycles. The molecule has 0 aliphatic rings. The van der Waals surface area contributed by atoms with Crippen LogP contribution in [0.2, 0.25) is 20.1 Å². The Morgan fingerprint density at radius 3 is 1.10 bits per heavy atom. The highest BCUT2D eigenvalue weighted by molar-refractivity contribution is 6.35. The molecule has 0 amide bonds. The van der Waals surface area contributed by atoms with E-state index in [0.717, 1.165) is 66.6 Å². The van der Waals surface area contributed by atoms with Gasteiger partial charge >= 0.3 is 0 Å². The molecule has 0 atom stereocenters. The van der Waals surface area contributed by atoms with Gasteiger partial charge < -0.3 is 0 Å². The van der Waals surface area contributed by atoms with Crippen LogP contribution in [0.1, 0.15) is 0 Å². The molecule has 232 valence electrons. The Labute approximate surface area is 299 Å². The lowest BCUT2D eigenvalue weighted by Crippen LogP contribution is -1.90. The average Bonchev–Trinajstić information content (AvgIpc) is 3.12. The Bertz CT molecular complexity index is 2220. The number of fused-ring (bicyclic) bond motifs is 2. The first kappa shape index (κ1) is 31.9. The summed E-state index contributed by atoms with van der Waals surface area (Å²) in [6.07, 6.45) is 0. The molecule has 0 aliphatic carbocycles. The number of hydrogen-bond acceptors (Lipinski definition) is 2. The summed E-state index contributed by atoms with van der Waals surface area (Å²) < 4.78 is 0. The second-order valence-electron chi connectivity index (χ2n) is 11.1. The molecule has 0 saturated heterocycles. The SMILES string of the molecule is Clc1ccc2nc(-c3ccccc3)cc(-c3ccccc3Cl)c2c1.Clc1ccc2nc(-c3ccccc3)cc(-c3ccccc3Cl)c2c1. The zero-order chi connectivity index (χ0) is 33.0. The van der Waals surface area contributed by atoms with Crippen LogP contribution in [0.15, 0.2) is 158 Å². The van der Waals surface area contributed by atoms with Gasteiger partial charge in [0.2, 0.25) is 0 Å². The van der Waals surface area contributed by atoms with E-state index in [2.05, 4.69) is 36.4 Å². The lowest BCUT2D eigenvalue weighted by molar-refractivity contribution is 1.40. The Morgan fingerprint density at radius 2 is 0.708 bits per heavy atom. The number of rotatable bonds is 4. The van der Waals surface area contributed by atoms with Crippen molar-refractivity contribution < 1.29 is 0 Å². The first-order chi connectivity index (χ1) is 23.4. The predicted molar refractivity (Wildman–Crippen MR) is 205 cm³/mol. The third kappa shape index (κ3) is 6.80. The maximum Gasteiger partial charge on any atom is 0.0716 e. The predicted octanol–water partition coefficient (Wildman–Crippen LogP) is 13.8. The van der Waals surface area contributed by atoms with E-state index < -0.39 is 0 Å². The van der Waals surface area contributed by atoms with Crippen LogP contribution in [0.5, 0.6) is 0 Å². The van der Waals surface area contributed by atoms with Gasteiger partial charge in [0.05, 0.1) is 22.4 Å². The molecular weight excluding hydrogens is 674 g/mol. The first-order valence-corrected chi connectivity index (χ1v) is 16.8. The molecule has 0 radical (unpaired) electrons. The fourth-order valence-corrected chi connectivity index (χ4v) is 6.53.